The Labute approximate surface area is 193 Å². The van der Waals surface area contributed by atoms with Crippen LogP contribution in [0.2, 0.25) is 0 Å². The first-order chi connectivity index (χ1) is 14.1. The number of halogens is 1. The minimum Gasteiger partial charge on any atom is -0.491 e. The number of nitrogens with one attached hydrogen (secondary N) is 1. The number of guanidine groups is 1. The molecule has 0 spiro atoms. The van der Waals surface area contributed by atoms with Crippen LogP contribution in [0.25, 0.3) is 0 Å². The van der Waals surface area contributed by atoms with E-state index in [4.69, 9.17) is 15.2 Å². The van der Waals surface area contributed by atoms with Crippen molar-refractivity contribution in [1.29, 1.82) is 0 Å². The summed E-state index contributed by atoms with van der Waals surface area (Å²) in [4.78, 5) is 4.18. The van der Waals surface area contributed by atoms with Crippen molar-refractivity contribution in [3.05, 3.63) is 84.4 Å². The number of benzene rings is 3. The van der Waals surface area contributed by atoms with Crippen molar-refractivity contribution >= 4 is 35.6 Å². The van der Waals surface area contributed by atoms with E-state index in [2.05, 4.69) is 10.3 Å². The number of nitrogens with zero attached hydrogens (tertiary/aromatic N) is 1. The van der Waals surface area contributed by atoms with E-state index in [-0.39, 0.29) is 43.1 Å². The van der Waals surface area contributed by atoms with Gasteiger partial charge in [0.25, 0.3) is 0 Å². The van der Waals surface area contributed by atoms with Crippen molar-refractivity contribution in [3.8, 4) is 17.2 Å². The molecule has 0 heterocycles. The molecule has 0 aromatic heterocycles. The molecular formula is C23H26IN3O3. The second-order valence-electron chi connectivity index (χ2n) is 6.58. The van der Waals surface area contributed by atoms with Crippen molar-refractivity contribution < 1.29 is 14.6 Å². The zero-order valence-corrected chi connectivity index (χ0v) is 19.0. The van der Waals surface area contributed by atoms with Crippen LogP contribution in [-0.4, -0.2) is 30.3 Å². The molecule has 0 bridgehead atoms. The second kappa shape index (κ2) is 12.0. The smallest absolute Gasteiger partial charge is 0.193 e. The molecular weight excluding hydrogens is 493 g/mol. The Hall–Kier alpha value is -2.78. The Morgan fingerprint density at radius 1 is 0.967 bits per heavy atom. The molecule has 7 heteroatoms. The first-order valence-corrected chi connectivity index (χ1v) is 9.36. The number of aryl methyl sites for hydroxylation is 1. The van der Waals surface area contributed by atoms with Crippen molar-refractivity contribution in [2.24, 2.45) is 10.7 Å². The fourth-order valence-electron chi connectivity index (χ4n) is 2.60. The first-order valence-electron chi connectivity index (χ1n) is 9.36. The molecule has 1 unspecified atom stereocenters. The Bertz CT molecular complexity index is 951. The summed E-state index contributed by atoms with van der Waals surface area (Å²) in [5.41, 5.74) is 7.77. The van der Waals surface area contributed by atoms with Gasteiger partial charge in [0.15, 0.2) is 5.96 Å². The van der Waals surface area contributed by atoms with Gasteiger partial charge in [-0.05, 0) is 48.9 Å². The monoisotopic (exact) mass is 519 g/mol. The lowest BCUT2D eigenvalue weighted by molar-refractivity contribution is 0.114. The molecule has 0 saturated carbocycles. The average molecular weight is 519 g/mol. The minimum absolute atomic E-state index is 0. The van der Waals surface area contributed by atoms with Gasteiger partial charge in [-0.2, -0.15) is 0 Å². The van der Waals surface area contributed by atoms with E-state index in [9.17, 15) is 5.11 Å². The maximum absolute atomic E-state index is 10.1. The van der Waals surface area contributed by atoms with Crippen LogP contribution in [0.5, 0.6) is 17.2 Å². The molecule has 0 saturated heterocycles. The van der Waals surface area contributed by atoms with Gasteiger partial charge in [0.1, 0.15) is 30.0 Å². The summed E-state index contributed by atoms with van der Waals surface area (Å²) in [6, 6.07) is 24.6. The molecule has 0 aliphatic rings. The molecule has 3 aromatic carbocycles. The number of rotatable bonds is 8. The molecule has 0 aliphatic heterocycles. The van der Waals surface area contributed by atoms with Crippen LogP contribution in [0, 0.1) is 6.92 Å². The van der Waals surface area contributed by atoms with Crippen molar-refractivity contribution in [1.82, 2.24) is 0 Å². The van der Waals surface area contributed by atoms with E-state index in [0.29, 0.717) is 11.5 Å². The molecule has 0 aliphatic carbocycles. The summed E-state index contributed by atoms with van der Waals surface area (Å²) in [5, 5.41) is 13.1. The second-order valence-corrected chi connectivity index (χ2v) is 6.58. The van der Waals surface area contributed by atoms with Crippen LogP contribution < -0.4 is 20.5 Å². The lowest BCUT2D eigenvalue weighted by Gasteiger charge is -2.12. The molecule has 0 amide bonds. The van der Waals surface area contributed by atoms with Gasteiger partial charge in [-0.15, -0.1) is 24.0 Å². The fraction of sp³-hybridized carbons (Fsp3) is 0.174. The number of hydrogen-bond donors (Lipinski definition) is 3. The maximum atomic E-state index is 10.1. The van der Waals surface area contributed by atoms with E-state index in [0.717, 1.165) is 17.0 Å². The maximum Gasteiger partial charge on any atom is 0.193 e. The summed E-state index contributed by atoms with van der Waals surface area (Å²) in [6.07, 6.45) is -0.761. The van der Waals surface area contributed by atoms with Crippen LogP contribution in [0.3, 0.4) is 0 Å². The molecule has 1 atom stereocenters. The molecule has 0 radical (unpaired) electrons. The van der Waals surface area contributed by atoms with Crippen molar-refractivity contribution in [2.45, 2.75) is 13.0 Å². The quantitative estimate of drug-likeness (QED) is 0.231. The molecule has 30 heavy (non-hydrogen) atoms. The predicted molar refractivity (Wildman–Crippen MR) is 131 cm³/mol. The Balaban J connectivity index is 0.00000320. The normalized spacial score (nSPS) is 11.9. The highest BCUT2D eigenvalue weighted by atomic mass is 127. The van der Waals surface area contributed by atoms with Gasteiger partial charge in [-0.25, -0.2) is 0 Å². The fourth-order valence-corrected chi connectivity index (χ4v) is 2.60. The van der Waals surface area contributed by atoms with E-state index < -0.39 is 6.10 Å². The molecule has 3 rings (SSSR count). The highest BCUT2D eigenvalue weighted by molar-refractivity contribution is 14.0. The van der Waals surface area contributed by atoms with Gasteiger partial charge in [0, 0.05) is 11.8 Å². The Morgan fingerprint density at radius 2 is 1.67 bits per heavy atom. The van der Waals surface area contributed by atoms with Crippen LogP contribution in [0.4, 0.5) is 5.69 Å². The Kier molecular flexibility index (Phi) is 9.43. The standard InChI is InChI=1S/C23H25N3O3.HI/c1-17-7-5-11-21(13-17)28-16-19(27)15-25-23(24)26-18-8-6-12-22(14-18)29-20-9-3-2-4-10-20;/h2-14,19,27H,15-16H2,1H3,(H3,24,25,26);1H. The first kappa shape index (κ1) is 23.5. The van der Waals surface area contributed by atoms with E-state index in [1.807, 2.05) is 85.8 Å². The highest BCUT2D eigenvalue weighted by Crippen LogP contribution is 2.23. The largest absolute Gasteiger partial charge is 0.491 e. The number of hydrogen-bond acceptors (Lipinski definition) is 4. The Morgan fingerprint density at radius 3 is 2.43 bits per heavy atom. The third-order valence-electron chi connectivity index (χ3n) is 3.99. The molecule has 158 valence electrons. The SMILES string of the molecule is Cc1cccc(OCC(O)CN=C(N)Nc2cccc(Oc3ccccc3)c2)c1.I. The number of ether oxygens (including phenoxy) is 2. The van der Waals surface area contributed by atoms with Crippen molar-refractivity contribution in [2.75, 3.05) is 18.5 Å². The summed E-state index contributed by atoms with van der Waals surface area (Å²) >= 11 is 0. The van der Waals surface area contributed by atoms with Gasteiger partial charge in [-0.1, -0.05) is 36.4 Å². The third kappa shape index (κ3) is 7.92. The number of aliphatic imine (C=N–C) groups is 1. The number of anilines is 1. The third-order valence-corrected chi connectivity index (χ3v) is 3.99. The predicted octanol–water partition coefficient (Wildman–Crippen LogP) is 4.57. The van der Waals surface area contributed by atoms with Gasteiger partial charge in [-0.3, -0.25) is 4.99 Å². The average Bonchev–Trinajstić information content (AvgIpc) is 2.72. The van der Waals surface area contributed by atoms with Crippen LogP contribution in [0.1, 0.15) is 5.56 Å². The zero-order chi connectivity index (χ0) is 20.5. The molecule has 0 fully saturated rings. The number of aliphatic hydroxyl groups is 1. The highest BCUT2D eigenvalue weighted by Gasteiger charge is 2.06. The summed E-state index contributed by atoms with van der Waals surface area (Å²) in [6.45, 7) is 2.26. The van der Waals surface area contributed by atoms with Crippen LogP contribution in [-0.2, 0) is 0 Å². The minimum atomic E-state index is -0.761. The molecule has 4 N–H and O–H groups in total. The van der Waals surface area contributed by atoms with E-state index >= 15 is 0 Å². The van der Waals surface area contributed by atoms with Crippen LogP contribution >= 0.6 is 24.0 Å². The van der Waals surface area contributed by atoms with Crippen LogP contribution in [0.15, 0.2) is 83.9 Å². The van der Waals surface area contributed by atoms with Crippen molar-refractivity contribution in [3.63, 3.8) is 0 Å². The number of para-hydroxylation sites is 1. The van der Waals surface area contributed by atoms with Gasteiger partial charge in [0.2, 0.25) is 0 Å². The lowest BCUT2D eigenvalue weighted by Crippen LogP contribution is -2.27. The topological polar surface area (TPSA) is 89.1 Å². The molecule has 3 aromatic rings. The zero-order valence-electron chi connectivity index (χ0n) is 16.7. The van der Waals surface area contributed by atoms with Gasteiger partial charge in [0.05, 0.1) is 6.54 Å². The van der Waals surface area contributed by atoms with Gasteiger partial charge >= 0.3 is 0 Å². The lowest BCUT2D eigenvalue weighted by atomic mass is 10.2. The summed E-state index contributed by atoms with van der Waals surface area (Å²) in [5.74, 6) is 2.36. The molecule has 6 nitrogen and oxygen atoms in total. The summed E-state index contributed by atoms with van der Waals surface area (Å²) in [7, 11) is 0. The number of aliphatic hydroxyl groups excluding tert-OH is 1. The van der Waals surface area contributed by atoms with E-state index in [1.165, 1.54) is 0 Å². The summed E-state index contributed by atoms with van der Waals surface area (Å²) < 4.78 is 11.4. The van der Waals surface area contributed by atoms with Gasteiger partial charge < -0.3 is 25.6 Å². The van der Waals surface area contributed by atoms with E-state index in [1.54, 1.807) is 0 Å². The number of nitrogens with two attached hydrogens (primary N) is 1.